The summed E-state index contributed by atoms with van der Waals surface area (Å²) < 4.78 is 0.910. The first-order valence-electron chi connectivity index (χ1n) is 6.15. The van der Waals surface area contributed by atoms with Gasteiger partial charge in [-0.05, 0) is 37.3 Å². The molecule has 0 aliphatic carbocycles. The molecule has 104 valence electrons. The molecule has 0 saturated heterocycles. The maximum absolute atomic E-state index is 11.3. The SMILES string of the molecule is CCNc1cccc(Nc2cccc(Br)c2)c1[N+](=O)[O-]. The first-order valence-corrected chi connectivity index (χ1v) is 6.95. The van der Waals surface area contributed by atoms with Gasteiger partial charge < -0.3 is 10.6 Å². The van der Waals surface area contributed by atoms with Crippen LogP contribution in [0.15, 0.2) is 46.9 Å². The van der Waals surface area contributed by atoms with Crippen molar-refractivity contribution in [1.82, 2.24) is 0 Å². The van der Waals surface area contributed by atoms with Crippen LogP contribution in [0.25, 0.3) is 0 Å². The smallest absolute Gasteiger partial charge is 0.315 e. The molecule has 0 atom stereocenters. The number of rotatable bonds is 5. The van der Waals surface area contributed by atoms with Gasteiger partial charge in [0.15, 0.2) is 0 Å². The van der Waals surface area contributed by atoms with E-state index in [-0.39, 0.29) is 10.6 Å². The van der Waals surface area contributed by atoms with E-state index in [2.05, 4.69) is 26.6 Å². The van der Waals surface area contributed by atoms with Crippen molar-refractivity contribution in [3.63, 3.8) is 0 Å². The molecule has 0 unspecified atom stereocenters. The maximum atomic E-state index is 11.3. The third-order valence-electron chi connectivity index (χ3n) is 2.69. The number of anilines is 3. The fourth-order valence-corrected chi connectivity index (χ4v) is 2.30. The quantitative estimate of drug-likeness (QED) is 0.622. The van der Waals surface area contributed by atoms with Gasteiger partial charge in [0.25, 0.3) is 0 Å². The lowest BCUT2D eigenvalue weighted by Gasteiger charge is -2.11. The topological polar surface area (TPSA) is 67.2 Å². The summed E-state index contributed by atoms with van der Waals surface area (Å²) in [5, 5.41) is 17.4. The van der Waals surface area contributed by atoms with E-state index < -0.39 is 0 Å². The summed E-state index contributed by atoms with van der Waals surface area (Å²) in [6, 6.07) is 12.7. The summed E-state index contributed by atoms with van der Waals surface area (Å²) in [6.45, 7) is 2.53. The Hall–Kier alpha value is -2.08. The van der Waals surface area contributed by atoms with Crippen molar-refractivity contribution < 1.29 is 4.92 Å². The number of nitrogens with zero attached hydrogens (tertiary/aromatic N) is 1. The number of benzene rings is 2. The number of para-hydroxylation sites is 1. The van der Waals surface area contributed by atoms with Crippen LogP contribution in [-0.4, -0.2) is 11.5 Å². The number of nitrogens with one attached hydrogen (secondary N) is 2. The van der Waals surface area contributed by atoms with Crippen LogP contribution >= 0.6 is 15.9 Å². The van der Waals surface area contributed by atoms with E-state index in [0.29, 0.717) is 17.9 Å². The summed E-state index contributed by atoms with van der Waals surface area (Å²) in [5.41, 5.74) is 1.81. The Morgan fingerprint density at radius 3 is 2.55 bits per heavy atom. The highest BCUT2D eigenvalue weighted by atomic mass is 79.9. The molecule has 20 heavy (non-hydrogen) atoms. The summed E-state index contributed by atoms with van der Waals surface area (Å²) in [6.07, 6.45) is 0. The zero-order valence-corrected chi connectivity index (χ0v) is 12.5. The fourth-order valence-electron chi connectivity index (χ4n) is 1.90. The molecule has 0 aliphatic rings. The van der Waals surface area contributed by atoms with Gasteiger partial charge in [-0.25, -0.2) is 0 Å². The van der Waals surface area contributed by atoms with E-state index >= 15 is 0 Å². The van der Waals surface area contributed by atoms with Crippen LogP contribution in [-0.2, 0) is 0 Å². The Morgan fingerprint density at radius 2 is 1.90 bits per heavy atom. The summed E-state index contributed by atoms with van der Waals surface area (Å²) in [4.78, 5) is 10.9. The average molecular weight is 336 g/mol. The molecule has 6 heteroatoms. The van der Waals surface area contributed by atoms with Gasteiger partial charge in [-0.3, -0.25) is 10.1 Å². The molecule has 2 rings (SSSR count). The second-order valence-electron chi connectivity index (χ2n) is 4.12. The van der Waals surface area contributed by atoms with E-state index in [9.17, 15) is 10.1 Å². The molecule has 0 aliphatic heterocycles. The molecule has 2 aromatic carbocycles. The summed E-state index contributed by atoms with van der Waals surface area (Å²) in [7, 11) is 0. The second kappa shape index (κ2) is 6.38. The van der Waals surface area contributed by atoms with E-state index in [1.807, 2.05) is 31.2 Å². The van der Waals surface area contributed by atoms with Crippen molar-refractivity contribution in [2.45, 2.75) is 6.92 Å². The van der Waals surface area contributed by atoms with E-state index in [4.69, 9.17) is 0 Å². The van der Waals surface area contributed by atoms with Gasteiger partial charge >= 0.3 is 5.69 Å². The zero-order valence-electron chi connectivity index (χ0n) is 10.9. The monoisotopic (exact) mass is 335 g/mol. The molecular formula is C14H14BrN3O2. The van der Waals surface area contributed by atoms with Crippen LogP contribution in [0.4, 0.5) is 22.7 Å². The molecule has 2 N–H and O–H groups in total. The first-order chi connectivity index (χ1) is 9.61. The molecule has 0 saturated carbocycles. The molecule has 5 nitrogen and oxygen atoms in total. The third-order valence-corrected chi connectivity index (χ3v) is 3.18. The third kappa shape index (κ3) is 3.27. The van der Waals surface area contributed by atoms with Crippen LogP contribution in [0.3, 0.4) is 0 Å². The van der Waals surface area contributed by atoms with E-state index in [0.717, 1.165) is 10.2 Å². The average Bonchev–Trinajstić information content (AvgIpc) is 2.39. The minimum Gasteiger partial charge on any atom is -0.380 e. The predicted molar refractivity (Wildman–Crippen MR) is 84.7 cm³/mol. The number of nitro groups is 1. The van der Waals surface area contributed by atoms with Crippen molar-refractivity contribution in [2.24, 2.45) is 0 Å². The minimum absolute atomic E-state index is 0.0503. The van der Waals surface area contributed by atoms with Crippen LogP contribution in [0, 0.1) is 10.1 Å². The van der Waals surface area contributed by atoms with E-state index in [1.54, 1.807) is 18.2 Å². The molecule has 0 heterocycles. The molecule has 0 aromatic heterocycles. The number of hydrogen-bond donors (Lipinski definition) is 2. The van der Waals surface area contributed by atoms with Crippen molar-refractivity contribution in [1.29, 1.82) is 0 Å². The molecule has 2 aromatic rings. The Kier molecular flexibility index (Phi) is 4.57. The van der Waals surface area contributed by atoms with Crippen LogP contribution < -0.4 is 10.6 Å². The zero-order chi connectivity index (χ0) is 14.5. The molecule has 0 bridgehead atoms. The normalized spacial score (nSPS) is 10.1. The lowest BCUT2D eigenvalue weighted by Crippen LogP contribution is -2.04. The molecule has 0 spiro atoms. The molecular weight excluding hydrogens is 322 g/mol. The lowest BCUT2D eigenvalue weighted by molar-refractivity contribution is -0.383. The van der Waals surface area contributed by atoms with Gasteiger partial charge in [0.1, 0.15) is 11.4 Å². The van der Waals surface area contributed by atoms with Gasteiger partial charge in [-0.2, -0.15) is 0 Å². The van der Waals surface area contributed by atoms with Gasteiger partial charge in [0.05, 0.1) is 4.92 Å². The highest BCUT2D eigenvalue weighted by molar-refractivity contribution is 9.10. The van der Waals surface area contributed by atoms with Crippen molar-refractivity contribution >= 4 is 38.7 Å². The first kappa shape index (κ1) is 14.3. The van der Waals surface area contributed by atoms with Gasteiger partial charge in [0.2, 0.25) is 0 Å². The Balaban J connectivity index is 2.40. The summed E-state index contributed by atoms with van der Waals surface area (Å²) >= 11 is 3.38. The highest BCUT2D eigenvalue weighted by Gasteiger charge is 2.19. The fraction of sp³-hybridized carbons (Fsp3) is 0.143. The number of halogens is 1. The van der Waals surface area contributed by atoms with Crippen molar-refractivity contribution in [3.8, 4) is 0 Å². The van der Waals surface area contributed by atoms with Gasteiger partial charge in [-0.15, -0.1) is 0 Å². The molecule has 0 fully saturated rings. The van der Waals surface area contributed by atoms with E-state index in [1.165, 1.54) is 0 Å². The van der Waals surface area contributed by atoms with Crippen LogP contribution in [0.1, 0.15) is 6.92 Å². The second-order valence-corrected chi connectivity index (χ2v) is 5.04. The Labute approximate surface area is 125 Å². The van der Waals surface area contributed by atoms with Crippen molar-refractivity contribution in [2.75, 3.05) is 17.2 Å². The highest BCUT2D eigenvalue weighted by Crippen LogP contribution is 2.34. The standard InChI is InChI=1S/C14H14BrN3O2/c1-2-16-12-7-4-8-13(14(12)18(19)20)17-11-6-3-5-10(15)9-11/h3-9,16-17H,2H2,1H3. The van der Waals surface area contributed by atoms with Gasteiger partial charge in [-0.1, -0.05) is 28.1 Å². The summed E-state index contributed by atoms with van der Waals surface area (Å²) in [5.74, 6) is 0. The Bertz CT molecular complexity index is 632. The lowest BCUT2D eigenvalue weighted by atomic mass is 10.2. The van der Waals surface area contributed by atoms with Crippen LogP contribution in [0.2, 0.25) is 0 Å². The number of nitro benzene ring substituents is 1. The minimum atomic E-state index is -0.377. The maximum Gasteiger partial charge on any atom is 0.315 e. The molecule has 0 amide bonds. The van der Waals surface area contributed by atoms with Gasteiger partial charge in [0, 0.05) is 16.7 Å². The largest absolute Gasteiger partial charge is 0.380 e. The number of hydrogen-bond acceptors (Lipinski definition) is 4. The Morgan fingerprint density at radius 1 is 1.20 bits per heavy atom. The predicted octanol–water partition coefficient (Wildman–Crippen LogP) is 4.53. The molecule has 0 radical (unpaired) electrons. The van der Waals surface area contributed by atoms with Crippen LogP contribution in [0.5, 0.6) is 0 Å². The van der Waals surface area contributed by atoms with Crippen molar-refractivity contribution in [3.05, 3.63) is 57.1 Å².